The minimum atomic E-state index is 0.133. The van der Waals surface area contributed by atoms with E-state index in [1.807, 2.05) is 10.9 Å². The molecule has 1 aliphatic heterocycles. The maximum Gasteiger partial charge on any atom is 0.150 e. The van der Waals surface area contributed by atoms with Crippen molar-refractivity contribution < 1.29 is 4.74 Å². The maximum absolute atomic E-state index is 5.58. The highest BCUT2D eigenvalue weighted by Crippen LogP contribution is 2.21. The fourth-order valence-electron chi connectivity index (χ4n) is 1.57. The summed E-state index contributed by atoms with van der Waals surface area (Å²) in [5, 5.41) is 4.22. The van der Waals surface area contributed by atoms with Crippen LogP contribution in [0.15, 0.2) is 12.4 Å². The molecule has 0 unspecified atom stereocenters. The number of hydrogen-bond donors (Lipinski definition) is 1. The first-order valence-electron chi connectivity index (χ1n) is 4.75. The van der Waals surface area contributed by atoms with E-state index in [4.69, 9.17) is 10.5 Å². The maximum atomic E-state index is 5.58. The summed E-state index contributed by atoms with van der Waals surface area (Å²) in [5.41, 5.74) is 6.56. The molecule has 1 aromatic rings. The van der Waals surface area contributed by atoms with Crippen molar-refractivity contribution in [2.24, 2.45) is 5.73 Å². The zero-order valence-corrected chi connectivity index (χ0v) is 7.65. The Morgan fingerprint density at radius 3 is 3.15 bits per heavy atom. The van der Waals surface area contributed by atoms with Crippen LogP contribution in [0.25, 0.3) is 0 Å². The lowest BCUT2D eigenvalue weighted by Crippen LogP contribution is -2.18. The molecule has 0 amide bonds. The molecule has 1 fully saturated rings. The number of nitrogens with zero attached hydrogens (tertiary/aromatic N) is 2. The summed E-state index contributed by atoms with van der Waals surface area (Å²) in [7, 11) is 0. The Bertz CT molecular complexity index is 266. The van der Waals surface area contributed by atoms with E-state index in [0.717, 1.165) is 18.6 Å². The second-order valence-electron chi connectivity index (χ2n) is 3.35. The third-order valence-electron chi connectivity index (χ3n) is 2.34. The predicted octanol–water partition coefficient (Wildman–Crippen LogP) is 1.04. The van der Waals surface area contributed by atoms with Crippen LogP contribution in [-0.4, -0.2) is 16.4 Å². The lowest BCUT2D eigenvalue weighted by atomic mass is 10.2. The van der Waals surface area contributed by atoms with E-state index in [0.29, 0.717) is 6.54 Å². The third kappa shape index (κ3) is 1.89. The molecule has 4 nitrogen and oxygen atoms in total. The van der Waals surface area contributed by atoms with Gasteiger partial charge >= 0.3 is 0 Å². The van der Waals surface area contributed by atoms with Crippen molar-refractivity contribution in [1.82, 2.24) is 9.78 Å². The monoisotopic (exact) mass is 181 g/mol. The molecular weight excluding hydrogens is 166 g/mol. The Morgan fingerprint density at radius 1 is 1.62 bits per heavy atom. The van der Waals surface area contributed by atoms with Crippen LogP contribution in [0.5, 0.6) is 0 Å². The first-order valence-corrected chi connectivity index (χ1v) is 4.75. The Morgan fingerprint density at radius 2 is 2.54 bits per heavy atom. The molecule has 0 radical (unpaired) electrons. The molecule has 0 bridgehead atoms. The summed E-state index contributed by atoms with van der Waals surface area (Å²) in [4.78, 5) is 0. The standard InChI is InChI=1S/C9H15N3O/c10-5-8-6-11-12(7-8)9-3-1-2-4-13-9/h6-7,9H,1-5,10H2/t9-/m1/s1. The Kier molecular flexibility index (Phi) is 2.61. The van der Waals surface area contributed by atoms with Crippen molar-refractivity contribution in [3.8, 4) is 0 Å². The molecule has 0 aliphatic carbocycles. The summed E-state index contributed by atoms with van der Waals surface area (Å²) in [6, 6.07) is 0. The Balaban J connectivity index is 2.05. The topological polar surface area (TPSA) is 53.1 Å². The molecule has 2 heterocycles. The van der Waals surface area contributed by atoms with E-state index < -0.39 is 0 Å². The smallest absolute Gasteiger partial charge is 0.150 e. The van der Waals surface area contributed by atoms with E-state index in [-0.39, 0.29) is 6.23 Å². The predicted molar refractivity (Wildman–Crippen MR) is 49.0 cm³/mol. The van der Waals surface area contributed by atoms with Crippen LogP contribution in [0.2, 0.25) is 0 Å². The largest absolute Gasteiger partial charge is 0.357 e. The minimum Gasteiger partial charge on any atom is -0.357 e. The van der Waals surface area contributed by atoms with Gasteiger partial charge in [0.15, 0.2) is 0 Å². The molecular formula is C9H15N3O. The summed E-state index contributed by atoms with van der Waals surface area (Å²) < 4.78 is 7.46. The first kappa shape index (κ1) is 8.72. The minimum absolute atomic E-state index is 0.133. The fourth-order valence-corrected chi connectivity index (χ4v) is 1.57. The molecule has 0 saturated carbocycles. The van der Waals surface area contributed by atoms with Gasteiger partial charge in [0.05, 0.1) is 6.20 Å². The van der Waals surface area contributed by atoms with Crippen LogP contribution < -0.4 is 5.73 Å². The zero-order valence-electron chi connectivity index (χ0n) is 7.65. The van der Waals surface area contributed by atoms with E-state index in [9.17, 15) is 0 Å². The summed E-state index contributed by atoms with van der Waals surface area (Å²) >= 11 is 0. The number of hydrogen-bond acceptors (Lipinski definition) is 3. The molecule has 1 atom stereocenters. The number of aromatic nitrogens is 2. The second-order valence-corrected chi connectivity index (χ2v) is 3.35. The van der Waals surface area contributed by atoms with Crippen LogP contribution in [0.1, 0.15) is 31.1 Å². The van der Waals surface area contributed by atoms with Gasteiger partial charge in [-0.25, -0.2) is 4.68 Å². The SMILES string of the molecule is NCc1cnn([C@H]2CCCCO2)c1. The van der Waals surface area contributed by atoms with E-state index in [1.54, 1.807) is 6.20 Å². The van der Waals surface area contributed by atoms with Crippen molar-refractivity contribution in [2.75, 3.05) is 6.61 Å². The van der Waals surface area contributed by atoms with Crippen LogP contribution >= 0.6 is 0 Å². The van der Waals surface area contributed by atoms with Gasteiger partial charge in [0.2, 0.25) is 0 Å². The lowest BCUT2D eigenvalue weighted by molar-refractivity contribution is -0.0395. The van der Waals surface area contributed by atoms with Gasteiger partial charge < -0.3 is 10.5 Å². The van der Waals surface area contributed by atoms with Gasteiger partial charge in [-0.3, -0.25) is 0 Å². The molecule has 2 rings (SSSR count). The van der Waals surface area contributed by atoms with E-state index in [2.05, 4.69) is 5.10 Å². The van der Waals surface area contributed by atoms with Gasteiger partial charge in [-0.1, -0.05) is 0 Å². The lowest BCUT2D eigenvalue weighted by Gasteiger charge is -2.22. The molecule has 1 aliphatic rings. The van der Waals surface area contributed by atoms with Crippen molar-refractivity contribution in [2.45, 2.75) is 32.0 Å². The van der Waals surface area contributed by atoms with Gasteiger partial charge in [-0.05, 0) is 19.3 Å². The molecule has 1 saturated heterocycles. The molecule has 1 aromatic heterocycles. The molecule has 2 N–H and O–H groups in total. The number of rotatable bonds is 2. The van der Waals surface area contributed by atoms with Crippen LogP contribution in [0.3, 0.4) is 0 Å². The average Bonchev–Trinajstić information content (AvgIpc) is 2.67. The fraction of sp³-hybridized carbons (Fsp3) is 0.667. The highest BCUT2D eigenvalue weighted by molar-refractivity contribution is 5.02. The van der Waals surface area contributed by atoms with Crippen LogP contribution in [-0.2, 0) is 11.3 Å². The quantitative estimate of drug-likeness (QED) is 0.741. The second kappa shape index (κ2) is 3.89. The highest BCUT2D eigenvalue weighted by atomic mass is 16.5. The molecule has 72 valence electrons. The van der Waals surface area contributed by atoms with Gasteiger partial charge in [0.25, 0.3) is 0 Å². The number of ether oxygens (including phenoxy) is 1. The van der Waals surface area contributed by atoms with E-state index in [1.165, 1.54) is 12.8 Å². The van der Waals surface area contributed by atoms with Gasteiger partial charge in [0, 0.05) is 24.9 Å². The highest BCUT2D eigenvalue weighted by Gasteiger charge is 2.15. The molecule has 13 heavy (non-hydrogen) atoms. The number of nitrogens with two attached hydrogens (primary N) is 1. The third-order valence-corrected chi connectivity index (χ3v) is 2.34. The van der Waals surface area contributed by atoms with Gasteiger partial charge in [0.1, 0.15) is 6.23 Å². The van der Waals surface area contributed by atoms with Crippen molar-refractivity contribution in [3.63, 3.8) is 0 Å². The van der Waals surface area contributed by atoms with Gasteiger partial charge in [-0.15, -0.1) is 0 Å². The van der Waals surface area contributed by atoms with Crippen molar-refractivity contribution in [3.05, 3.63) is 18.0 Å². The first-order chi connectivity index (χ1) is 6.40. The average molecular weight is 181 g/mol. The molecule has 0 aromatic carbocycles. The summed E-state index contributed by atoms with van der Waals surface area (Å²) in [6.45, 7) is 1.40. The van der Waals surface area contributed by atoms with E-state index >= 15 is 0 Å². The van der Waals surface area contributed by atoms with Crippen molar-refractivity contribution >= 4 is 0 Å². The van der Waals surface area contributed by atoms with Gasteiger partial charge in [-0.2, -0.15) is 5.10 Å². The van der Waals surface area contributed by atoms with Crippen LogP contribution in [0.4, 0.5) is 0 Å². The van der Waals surface area contributed by atoms with Crippen molar-refractivity contribution in [1.29, 1.82) is 0 Å². The van der Waals surface area contributed by atoms with Crippen LogP contribution in [0, 0.1) is 0 Å². The summed E-state index contributed by atoms with van der Waals surface area (Å²) in [5.74, 6) is 0. The molecule has 4 heteroatoms. The zero-order chi connectivity index (χ0) is 9.10. The molecule has 0 spiro atoms. The normalized spacial score (nSPS) is 23.3. The Hall–Kier alpha value is -0.870. The Labute approximate surface area is 77.7 Å². The summed E-state index contributed by atoms with van der Waals surface area (Å²) in [6.07, 6.45) is 7.36.